The SMILES string of the molecule is CCCC=CC(C=C(C)C)C(F)(F)F. The zero-order chi connectivity index (χ0) is 11.2. The van der Waals surface area contributed by atoms with Gasteiger partial charge in [-0.3, -0.25) is 0 Å². The second-order valence-corrected chi connectivity index (χ2v) is 3.53. The summed E-state index contributed by atoms with van der Waals surface area (Å²) in [6, 6.07) is 0. The van der Waals surface area contributed by atoms with Gasteiger partial charge in [0.25, 0.3) is 0 Å². The molecule has 3 heteroatoms. The van der Waals surface area contributed by atoms with Gasteiger partial charge in [0.1, 0.15) is 0 Å². The molecule has 82 valence electrons. The fourth-order valence-electron chi connectivity index (χ4n) is 1.03. The van der Waals surface area contributed by atoms with Crippen molar-refractivity contribution in [1.82, 2.24) is 0 Å². The summed E-state index contributed by atoms with van der Waals surface area (Å²) in [5.74, 6) is -1.43. The predicted molar refractivity (Wildman–Crippen MR) is 53.0 cm³/mol. The molecule has 0 aliphatic carbocycles. The lowest BCUT2D eigenvalue weighted by atomic mass is 10.0. The van der Waals surface area contributed by atoms with Gasteiger partial charge >= 0.3 is 6.18 Å². The van der Waals surface area contributed by atoms with E-state index in [0.29, 0.717) is 12.0 Å². The monoisotopic (exact) mass is 206 g/mol. The Balaban J connectivity index is 4.50. The van der Waals surface area contributed by atoms with Crippen molar-refractivity contribution in [1.29, 1.82) is 0 Å². The molecule has 0 N–H and O–H groups in total. The van der Waals surface area contributed by atoms with Gasteiger partial charge in [-0.2, -0.15) is 13.2 Å². The summed E-state index contributed by atoms with van der Waals surface area (Å²) in [7, 11) is 0. The third-order valence-electron chi connectivity index (χ3n) is 1.69. The molecule has 0 amide bonds. The van der Waals surface area contributed by atoms with Crippen LogP contribution in [0.4, 0.5) is 13.2 Å². The molecule has 0 aromatic heterocycles. The van der Waals surface area contributed by atoms with Gasteiger partial charge in [0.15, 0.2) is 0 Å². The standard InChI is InChI=1S/C11H17F3/c1-4-5-6-7-10(8-9(2)3)11(12,13)14/h6-8,10H,4-5H2,1-3H3. The van der Waals surface area contributed by atoms with Crippen LogP contribution in [0.5, 0.6) is 0 Å². The molecular weight excluding hydrogens is 189 g/mol. The first-order chi connectivity index (χ1) is 6.38. The first kappa shape index (κ1) is 13.3. The molecule has 0 spiro atoms. The van der Waals surface area contributed by atoms with Crippen LogP contribution >= 0.6 is 0 Å². The maximum Gasteiger partial charge on any atom is 0.398 e. The van der Waals surface area contributed by atoms with Crippen LogP contribution in [0.15, 0.2) is 23.8 Å². The van der Waals surface area contributed by atoms with Crippen molar-refractivity contribution < 1.29 is 13.2 Å². The number of allylic oxidation sites excluding steroid dienone is 4. The molecule has 0 saturated carbocycles. The van der Waals surface area contributed by atoms with Gasteiger partial charge in [-0.15, -0.1) is 0 Å². The van der Waals surface area contributed by atoms with E-state index >= 15 is 0 Å². The van der Waals surface area contributed by atoms with Crippen molar-refractivity contribution in [3.63, 3.8) is 0 Å². The molecule has 1 atom stereocenters. The minimum atomic E-state index is -4.17. The van der Waals surface area contributed by atoms with Crippen LogP contribution in [0.3, 0.4) is 0 Å². The molecule has 0 radical (unpaired) electrons. The third kappa shape index (κ3) is 5.84. The highest BCUT2D eigenvalue weighted by molar-refractivity contribution is 5.08. The van der Waals surface area contributed by atoms with Crippen LogP contribution in [-0.2, 0) is 0 Å². The lowest BCUT2D eigenvalue weighted by molar-refractivity contribution is -0.149. The summed E-state index contributed by atoms with van der Waals surface area (Å²) in [6.45, 7) is 5.28. The molecule has 0 fully saturated rings. The van der Waals surface area contributed by atoms with Gasteiger partial charge < -0.3 is 0 Å². The summed E-state index contributed by atoms with van der Waals surface area (Å²) < 4.78 is 37.2. The molecule has 0 saturated heterocycles. The molecule has 0 heterocycles. The van der Waals surface area contributed by atoms with Gasteiger partial charge in [-0.25, -0.2) is 0 Å². The summed E-state index contributed by atoms with van der Waals surface area (Å²) in [5, 5.41) is 0. The third-order valence-corrected chi connectivity index (χ3v) is 1.69. The van der Waals surface area contributed by atoms with Gasteiger partial charge in [0.2, 0.25) is 0 Å². The van der Waals surface area contributed by atoms with Gasteiger partial charge in [0.05, 0.1) is 5.92 Å². The van der Waals surface area contributed by atoms with Gasteiger partial charge in [-0.05, 0) is 20.3 Å². The van der Waals surface area contributed by atoms with Gasteiger partial charge in [0, 0.05) is 0 Å². The van der Waals surface area contributed by atoms with Gasteiger partial charge in [-0.1, -0.05) is 37.1 Å². The average molecular weight is 206 g/mol. The lowest BCUT2D eigenvalue weighted by Crippen LogP contribution is -2.19. The minimum Gasteiger partial charge on any atom is -0.170 e. The molecule has 0 nitrogen and oxygen atoms in total. The van der Waals surface area contributed by atoms with Crippen LogP contribution in [0, 0.1) is 5.92 Å². The van der Waals surface area contributed by atoms with Crippen LogP contribution in [0.2, 0.25) is 0 Å². The molecule has 0 aromatic carbocycles. The first-order valence-corrected chi connectivity index (χ1v) is 4.76. The number of rotatable bonds is 4. The number of halogens is 3. The number of hydrogen-bond acceptors (Lipinski definition) is 0. The van der Waals surface area contributed by atoms with Crippen molar-refractivity contribution in [3.8, 4) is 0 Å². The average Bonchev–Trinajstić information content (AvgIpc) is 2.00. The van der Waals surface area contributed by atoms with E-state index in [-0.39, 0.29) is 0 Å². The van der Waals surface area contributed by atoms with E-state index in [1.54, 1.807) is 19.9 Å². The molecule has 0 bridgehead atoms. The smallest absolute Gasteiger partial charge is 0.170 e. The molecule has 0 aliphatic rings. The van der Waals surface area contributed by atoms with Crippen molar-refractivity contribution in [2.24, 2.45) is 5.92 Å². The fraction of sp³-hybridized carbons (Fsp3) is 0.636. The molecule has 1 unspecified atom stereocenters. The van der Waals surface area contributed by atoms with Crippen molar-refractivity contribution in [3.05, 3.63) is 23.8 Å². The van der Waals surface area contributed by atoms with E-state index in [0.717, 1.165) is 6.42 Å². The molecule has 0 rings (SSSR count). The van der Waals surface area contributed by atoms with E-state index in [9.17, 15) is 13.2 Å². The first-order valence-electron chi connectivity index (χ1n) is 4.76. The van der Waals surface area contributed by atoms with Crippen LogP contribution < -0.4 is 0 Å². The molecule has 0 aliphatic heterocycles. The summed E-state index contributed by atoms with van der Waals surface area (Å²) in [4.78, 5) is 0. The summed E-state index contributed by atoms with van der Waals surface area (Å²) in [6.07, 6.45) is 1.47. The fourth-order valence-corrected chi connectivity index (χ4v) is 1.03. The quantitative estimate of drug-likeness (QED) is 0.594. The summed E-state index contributed by atoms with van der Waals surface area (Å²) in [5.41, 5.74) is 0.688. The predicted octanol–water partition coefficient (Wildman–Crippen LogP) is 4.49. The van der Waals surface area contributed by atoms with E-state index < -0.39 is 12.1 Å². The Labute approximate surface area is 83.5 Å². The number of hydrogen-bond donors (Lipinski definition) is 0. The highest BCUT2D eigenvalue weighted by Crippen LogP contribution is 2.29. The maximum atomic E-state index is 12.4. The van der Waals surface area contributed by atoms with Crippen LogP contribution in [0.25, 0.3) is 0 Å². The minimum absolute atomic E-state index is 0.688. The highest BCUT2D eigenvalue weighted by atomic mass is 19.4. The summed E-state index contributed by atoms with van der Waals surface area (Å²) >= 11 is 0. The van der Waals surface area contributed by atoms with Crippen LogP contribution in [0.1, 0.15) is 33.6 Å². The Bertz CT molecular complexity index is 207. The Kier molecular flexibility index (Phi) is 5.58. The van der Waals surface area contributed by atoms with Crippen molar-refractivity contribution >= 4 is 0 Å². The van der Waals surface area contributed by atoms with Crippen LogP contribution in [-0.4, -0.2) is 6.18 Å². The Morgan fingerprint density at radius 3 is 2.21 bits per heavy atom. The zero-order valence-corrected chi connectivity index (χ0v) is 8.86. The largest absolute Gasteiger partial charge is 0.398 e. The van der Waals surface area contributed by atoms with E-state index in [1.165, 1.54) is 12.2 Å². The topological polar surface area (TPSA) is 0 Å². The lowest BCUT2D eigenvalue weighted by Gasteiger charge is -2.13. The normalized spacial score (nSPS) is 14.4. The molecule has 14 heavy (non-hydrogen) atoms. The molecular formula is C11H17F3. The number of alkyl halides is 3. The zero-order valence-electron chi connectivity index (χ0n) is 8.86. The Hall–Kier alpha value is -0.730. The van der Waals surface area contributed by atoms with Crippen molar-refractivity contribution in [2.45, 2.75) is 39.8 Å². The second kappa shape index (κ2) is 5.89. The second-order valence-electron chi connectivity index (χ2n) is 3.53. The number of unbranched alkanes of at least 4 members (excludes halogenated alkanes) is 1. The highest BCUT2D eigenvalue weighted by Gasteiger charge is 2.35. The van der Waals surface area contributed by atoms with E-state index in [4.69, 9.17) is 0 Å². The Morgan fingerprint density at radius 1 is 1.29 bits per heavy atom. The van der Waals surface area contributed by atoms with E-state index in [1.807, 2.05) is 6.92 Å². The molecule has 0 aromatic rings. The van der Waals surface area contributed by atoms with E-state index in [2.05, 4.69) is 0 Å². The Morgan fingerprint density at radius 2 is 1.86 bits per heavy atom. The van der Waals surface area contributed by atoms with Crippen molar-refractivity contribution in [2.75, 3.05) is 0 Å². The maximum absolute atomic E-state index is 12.4.